The first-order valence-corrected chi connectivity index (χ1v) is 6.40. The van der Waals surface area contributed by atoms with E-state index in [9.17, 15) is 14.7 Å². The molecule has 1 fully saturated rings. The van der Waals surface area contributed by atoms with Crippen LogP contribution in [0.3, 0.4) is 0 Å². The van der Waals surface area contributed by atoms with E-state index in [2.05, 4.69) is 13.8 Å². The second kappa shape index (κ2) is 5.52. The minimum Gasteiger partial charge on any atom is -0.481 e. The molecule has 0 aromatic rings. The number of amides is 1. The van der Waals surface area contributed by atoms with Gasteiger partial charge in [-0.3, -0.25) is 9.59 Å². The molecule has 1 amide bonds. The summed E-state index contributed by atoms with van der Waals surface area (Å²) in [4.78, 5) is 24.9. The van der Waals surface area contributed by atoms with Crippen molar-refractivity contribution in [2.75, 3.05) is 13.1 Å². The lowest BCUT2D eigenvalue weighted by molar-refractivity contribution is -0.153. The number of hydrogen-bond acceptors (Lipinski definition) is 2. The molecule has 0 aromatic heterocycles. The highest BCUT2D eigenvalue weighted by molar-refractivity contribution is 5.79. The van der Waals surface area contributed by atoms with E-state index >= 15 is 0 Å². The molecule has 98 valence electrons. The van der Waals surface area contributed by atoms with Crippen LogP contribution in [0.1, 0.15) is 46.5 Å². The molecule has 1 saturated heterocycles. The molecule has 4 nitrogen and oxygen atoms in total. The molecule has 1 N–H and O–H groups in total. The van der Waals surface area contributed by atoms with Gasteiger partial charge in [0, 0.05) is 19.5 Å². The third-order valence-electron chi connectivity index (χ3n) is 3.79. The number of hydrogen-bond donors (Lipinski definition) is 1. The molecule has 0 aromatic carbocycles. The van der Waals surface area contributed by atoms with Crippen molar-refractivity contribution in [2.24, 2.45) is 11.3 Å². The van der Waals surface area contributed by atoms with E-state index in [4.69, 9.17) is 0 Å². The molecule has 1 rings (SSSR count). The topological polar surface area (TPSA) is 57.6 Å². The van der Waals surface area contributed by atoms with Crippen molar-refractivity contribution >= 4 is 11.9 Å². The molecule has 4 heteroatoms. The highest BCUT2D eigenvalue weighted by Crippen LogP contribution is 2.30. The Bertz CT molecular complexity index is 303. The number of piperidine rings is 1. The fourth-order valence-corrected chi connectivity index (χ4v) is 2.20. The molecule has 1 aliphatic rings. The molecular formula is C13H23NO3. The highest BCUT2D eigenvalue weighted by atomic mass is 16.4. The predicted molar refractivity (Wildman–Crippen MR) is 65.6 cm³/mol. The maximum absolute atomic E-state index is 12.0. The van der Waals surface area contributed by atoms with Gasteiger partial charge in [-0.2, -0.15) is 0 Å². The Labute approximate surface area is 103 Å². The summed E-state index contributed by atoms with van der Waals surface area (Å²) in [6, 6.07) is 0. The van der Waals surface area contributed by atoms with Crippen LogP contribution in [-0.2, 0) is 9.59 Å². The molecule has 1 heterocycles. The number of carboxylic acids is 1. The molecule has 2 unspecified atom stereocenters. The third kappa shape index (κ3) is 3.45. The van der Waals surface area contributed by atoms with Gasteiger partial charge < -0.3 is 10.0 Å². The average molecular weight is 241 g/mol. The summed E-state index contributed by atoms with van der Waals surface area (Å²) < 4.78 is 0. The summed E-state index contributed by atoms with van der Waals surface area (Å²) in [7, 11) is 0. The number of rotatable bonds is 4. The van der Waals surface area contributed by atoms with Gasteiger partial charge in [-0.15, -0.1) is 0 Å². The van der Waals surface area contributed by atoms with E-state index in [1.807, 2.05) is 0 Å². The van der Waals surface area contributed by atoms with Crippen LogP contribution in [0.2, 0.25) is 0 Å². The fourth-order valence-electron chi connectivity index (χ4n) is 2.20. The maximum Gasteiger partial charge on any atom is 0.311 e. The average Bonchev–Trinajstić information content (AvgIpc) is 2.28. The van der Waals surface area contributed by atoms with Gasteiger partial charge >= 0.3 is 5.97 Å². The van der Waals surface area contributed by atoms with Crippen molar-refractivity contribution in [2.45, 2.75) is 46.5 Å². The number of aliphatic carboxylic acids is 1. The summed E-state index contributed by atoms with van der Waals surface area (Å²) in [6.45, 7) is 6.92. The maximum atomic E-state index is 12.0. The minimum atomic E-state index is -0.793. The Balaban J connectivity index is 2.60. The van der Waals surface area contributed by atoms with E-state index < -0.39 is 11.4 Å². The quantitative estimate of drug-likeness (QED) is 0.820. The zero-order chi connectivity index (χ0) is 13.1. The molecular weight excluding hydrogens is 218 g/mol. The number of likely N-dealkylation sites (tertiary alicyclic amines) is 1. The van der Waals surface area contributed by atoms with Gasteiger partial charge in [-0.1, -0.05) is 20.3 Å². The van der Waals surface area contributed by atoms with Crippen LogP contribution in [-0.4, -0.2) is 35.0 Å². The molecule has 2 atom stereocenters. The van der Waals surface area contributed by atoms with Crippen molar-refractivity contribution < 1.29 is 14.7 Å². The minimum absolute atomic E-state index is 0.103. The van der Waals surface area contributed by atoms with Crippen LogP contribution >= 0.6 is 0 Å². The molecule has 1 aliphatic heterocycles. The van der Waals surface area contributed by atoms with Gasteiger partial charge in [0.1, 0.15) is 0 Å². The van der Waals surface area contributed by atoms with Crippen molar-refractivity contribution in [1.82, 2.24) is 4.90 Å². The predicted octanol–water partition coefficient (Wildman–Crippen LogP) is 2.14. The monoisotopic (exact) mass is 241 g/mol. The van der Waals surface area contributed by atoms with E-state index in [1.165, 1.54) is 0 Å². The molecule has 0 bridgehead atoms. The first kappa shape index (κ1) is 14.0. The third-order valence-corrected chi connectivity index (χ3v) is 3.79. The Morgan fingerprint density at radius 1 is 1.47 bits per heavy atom. The SMILES string of the molecule is CCC(C)CC(=O)N1CCCC(C)(C(=O)O)C1. The Morgan fingerprint density at radius 2 is 2.12 bits per heavy atom. The van der Waals surface area contributed by atoms with E-state index in [1.54, 1.807) is 11.8 Å². The summed E-state index contributed by atoms with van der Waals surface area (Å²) in [5.41, 5.74) is -0.761. The molecule has 0 radical (unpaired) electrons. The van der Waals surface area contributed by atoms with E-state index in [0.717, 1.165) is 12.8 Å². The lowest BCUT2D eigenvalue weighted by Crippen LogP contribution is -2.48. The fraction of sp³-hybridized carbons (Fsp3) is 0.846. The summed E-state index contributed by atoms with van der Waals surface area (Å²) in [5, 5.41) is 9.19. The zero-order valence-corrected chi connectivity index (χ0v) is 11.0. The molecule has 0 aliphatic carbocycles. The molecule has 17 heavy (non-hydrogen) atoms. The Morgan fingerprint density at radius 3 is 2.65 bits per heavy atom. The Hall–Kier alpha value is -1.06. The van der Waals surface area contributed by atoms with Crippen molar-refractivity contribution in [3.63, 3.8) is 0 Å². The molecule has 0 spiro atoms. The number of carbonyl (C=O) groups excluding carboxylic acids is 1. The highest BCUT2D eigenvalue weighted by Gasteiger charge is 2.39. The largest absolute Gasteiger partial charge is 0.481 e. The van der Waals surface area contributed by atoms with Crippen LogP contribution in [0, 0.1) is 11.3 Å². The van der Waals surface area contributed by atoms with Gasteiger partial charge in [0.15, 0.2) is 0 Å². The number of nitrogens with zero attached hydrogens (tertiary/aromatic N) is 1. The second-order valence-corrected chi connectivity index (χ2v) is 5.50. The van der Waals surface area contributed by atoms with Crippen molar-refractivity contribution in [3.05, 3.63) is 0 Å². The standard InChI is InChI=1S/C13H23NO3/c1-4-10(2)8-11(15)14-7-5-6-13(3,9-14)12(16)17/h10H,4-9H2,1-3H3,(H,16,17). The summed E-state index contributed by atoms with van der Waals surface area (Å²) >= 11 is 0. The van der Waals surface area contributed by atoms with E-state index in [-0.39, 0.29) is 5.91 Å². The van der Waals surface area contributed by atoms with Gasteiger partial charge in [-0.25, -0.2) is 0 Å². The smallest absolute Gasteiger partial charge is 0.311 e. The Kier molecular flexibility index (Phi) is 4.54. The van der Waals surface area contributed by atoms with Crippen molar-refractivity contribution in [1.29, 1.82) is 0 Å². The lowest BCUT2D eigenvalue weighted by Gasteiger charge is -2.37. The van der Waals surface area contributed by atoms with Gasteiger partial charge in [0.25, 0.3) is 0 Å². The van der Waals surface area contributed by atoms with Gasteiger partial charge in [0.2, 0.25) is 5.91 Å². The van der Waals surface area contributed by atoms with Crippen molar-refractivity contribution in [3.8, 4) is 0 Å². The van der Waals surface area contributed by atoms with Crippen LogP contribution in [0.15, 0.2) is 0 Å². The summed E-state index contributed by atoms with van der Waals surface area (Å²) in [6.07, 6.45) is 2.96. The van der Waals surface area contributed by atoms with E-state index in [0.29, 0.717) is 31.8 Å². The molecule has 0 saturated carbocycles. The van der Waals surface area contributed by atoms with Crippen LogP contribution in [0.4, 0.5) is 0 Å². The second-order valence-electron chi connectivity index (χ2n) is 5.50. The first-order valence-electron chi connectivity index (χ1n) is 6.40. The first-order chi connectivity index (χ1) is 7.89. The van der Waals surface area contributed by atoms with Gasteiger partial charge in [0.05, 0.1) is 5.41 Å². The summed E-state index contributed by atoms with van der Waals surface area (Å²) in [5.74, 6) is -0.314. The van der Waals surface area contributed by atoms with Crippen LogP contribution in [0.25, 0.3) is 0 Å². The van der Waals surface area contributed by atoms with Gasteiger partial charge in [-0.05, 0) is 25.7 Å². The van der Waals surface area contributed by atoms with Crippen LogP contribution < -0.4 is 0 Å². The van der Waals surface area contributed by atoms with Crippen LogP contribution in [0.5, 0.6) is 0 Å². The normalized spacial score (nSPS) is 26.6. The number of carboxylic acid groups (broad SMARTS) is 1. The zero-order valence-electron chi connectivity index (χ0n) is 11.0. The lowest BCUT2D eigenvalue weighted by atomic mass is 9.82. The number of carbonyl (C=O) groups is 2.